The molecule has 0 aliphatic carbocycles. The molecule has 36 heteroatoms. The first kappa shape index (κ1) is 83.9. The number of pyridine rings is 4. The molecule has 0 unspecified atom stereocenters. The average Bonchev–Trinajstić information content (AvgIpc) is 0.749. The SMILES string of the molecule is COc1c2n(cc(C(=O)NCc3c(F)cc(F)cc3F)c1=O)C[C@H]1OCCC[C@@]1(C)C2=O.COc1c2n(cc(C(=O)NCc3ccc(F)cc3F)c1=O)C[C@H]1OCCC[C@@]1(C)C2=O.COc1c2n(cc(C(=O)O)c1=O)C[C@H]1OCCC[C@@]1(C)C2=O.C[C@@]12CCCO[C@@H]1Cn1cc(C(=O)NCc3c(F)cc(F)cc3F)c(=O)c(O)c1C2=O. The molecule has 8 aliphatic rings. The maximum absolute atomic E-state index is 13.9. The Morgan fingerprint density at radius 3 is 1.02 bits per heavy atom. The van der Waals surface area contributed by atoms with E-state index in [1.165, 1.54) is 64.3 Å². The minimum atomic E-state index is -1.34. The van der Waals surface area contributed by atoms with Gasteiger partial charge in [-0.25, -0.2) is 39.9 Å². The Hall–Kier alpha value is -11.5. The fraction of sp³-hybridized carbons (Fsp3) is 0.425. The van der Waals surface area contributed by atoms with Crippen LogP contribution in [0.5, 0.6) is 23.0 Å². The lowest BCUT2D eigenvalue weighted by Gasteiger charge is -2.44. The molecule has 4 saturated heterocycles. The Bertz CT molecular complexity index is 5470. The van der Waals surface area contributed by atoms with Gasteiger partial charge in [-0.05, 0) is 85.1 Å². The van der Waals surface area contributed by atoms with Crippen molar-refractivity contribution in [1.29, 1.82) is 0 Å². The summed E-state index contributed by atoms with van der Waals surface area (Å²) >= 11 is 0. The third-order valence-electron chi connectivity index (χ3n) is 22.9. The quantitative estimate of drug-likeness (QED) is 0.0678. The van der Waals surface area contributed by atoms with E-state index in [1.54, 1.807) is 13.8 Å². The number of aromatic carboxylic acids is 1. The first-order chi connectivity index (χ1) is 55.0. The van der Waals surface area contributed by atoms with Crippen LogP contribution in [0.2, 0.25) is 0 Å². The van der Waals surface area contributed by atoms with Gasteiger partial charge in [0.15, 0.2) is 46.1 Å². The van der Waals surface area contributed by atoms with E-state index < -0.39 is 173 Å². The third kappa shape index (κ3) is 15.3. The Balaban J connectivity index is 0.000000144. The second-order valence-corrected chi connectivity index (χ2v) is 30.1. The van der Waals surface area contributed by atoms with Gasteiger partial charge in [0.05, 0.1) is 93.6 Å². The van der Waals surface area contributed by atoms with Crippen molar-refractivity contribution in [3.05, 3.63) is 216 Å². The highest BCUT2D eigenvalue weighted by Gasteiger charge is 2.54. The molecule has 0 spiro atoms. The van der Waals surface area contributed by atoms with E-state index in [0.29, 0.717) is 108 Å². The molecule has 0 radical (unpaired) electrons. The Morgan fingerprint density at radius 2 is 0.698 bits per heavy atom. The molecule has 4 fully saturated rings. The number of carbonyl (C=O) groups is 8. The van der Waals surface area contributed by atoms with Crippen molar-refractivity contribution in [2.24, 2.45) is 21.7 Å². The summed E-state index contributed by atoms with van der Waals surface area (Å²) < 4.78 is 153. The zero-order chi connectivity index (χ0) is 84.1. The summed E-state index contributed by atoms with van der Waals surface area (Å²) in [4.78, 5) is 152. The van der Waals surface area contributed by atoms with Gasteiger partial charge < -0.3 is 77.6 Å². The molecule has 7 aromatic rings. The number of benzene rings is 3. The fourth-order valence-electron chi connectivity index (χ4n) is 16.1. The lowest BCUT2D eigenvalue weighted by Crippen LogP contribution is -2.52. The van der Waals surface area contributed by atoms with Gasteiger partial charge in [0, 0.05) is 118 Å². The van der Waals surface area contributed by atoms with E-state index in [1.807, 2.05) is 13.8 Å². The van der Waals surface area contributed by atoms with Crippen LogP contribution in [0.1, 0.15) is 179 Å². The second kappa shape index (κ2) is 33.0. The zero-order valence-corrected chi connectivity index (χ0v) is 63.6. The maximum Gasteiger partial charge on any atom is 0.341 e. The fourth-order valence-corrected chi connectivity index (χ4v) is 16.1. The van der Waals surface area contributed by atoms with Crippen molar-refractivity contribution in [1.82, 2.24) is 34.2 Å². The lowest BCUT2D eigenvalue weighted by molar-refractivity contribution is -0.0742. The van der Waals surface area contributed by atoms with Crippen LogP contribution < -0.4 is 51.9 Å². The largest absolute Gasteiger partial charge is 0.503 e. The van der Waals surface area contributed by atoms with Crippen LogP contribution in [0.25, 0.3) is 0 Å². The van der Waals surface area contributed by atoms with E-state index in [-0.39, 0.29) is 106 Å². The normalized spacial score (nSPS) is 23.3. The molecule has 616 valence electrons. The van der Waals surface area contributed by atoms with Gasteiger partial charge >= 0.3 is 5.97 Å². The molecule has 12 heterocycles. The summed E-state index contributed by atoms with van der Waals surface area (Å²) in [5, 5.41) is 26.5. The molecule has 116 heavy (non-hydrogen) atoms. The monoisotopic (exact) mass is 1630 g/mol. The van der Waals surface area contributed by atoms with Crippen LogP contribution in [0, 0.1) is 68.2 Å². The van der Waals surface area contributed by atoms with E-state index in [0.717, 1.165) is 25.1 Å². The Labute approximate surface area is 653 Å². The van der Waals surface area contributed by atoms with Gasteiger partial charge in [-0.15, -0.1) is 0 Å². The van der Waals surface area contributed by atoms with Crippen LogP contribution in [-0.4, -0.2) is 147 Å². The zero-order valence-electron chi connectivity index (χ0n) is 63.6. The van der Waals surface area contributed by atoms with Gasteiger partial charge in [0.25, 0.3) is 17.7 Å². The van der Waals surface area contributed by atoms with Gasteiger partial charge in [-0.3, -0.25) is 52.7 Å². The number of Topliss-reactive ketones (excluding diaryl/α,β-unsaturated/α-hetero) is 4. The van der Waals surface area contributed by atoms with Crippen molar-refractivity contribution in [2.75, 3.05) is 47.8 Å². The van der Waals surface area contributed by atoms with Crippen LogP contribution in [0.15, 0.2) is 86.4 Å². The number of ether oxygens (including phenoxy) is 7. The van der Waals surface area contributed by atoms with E-state index in [9.17, 15) is 97.8 Å². The minimum Gasteiger partial charge on any atom is -0.503 e. The van der Waals surface area contributed by atoms with Crippen molar-refractivity contribution in [2.45, 2.75) is 149 Å². The molecular weight excluding hydrogens is 1550 g/mol. The number of fused-ring (bicyclic) bond motifs is 8. The molecule has 5 N–H and O–H groups in total. The minimum absolute atomic E-state index is 0.0638. The number of hydrogen-bond donors (Lipinski definition) is 5. The highest BCUT2D eigenvalue weighted by Crippen LogP contribution is 2.47. The second-order valence-electron chi connectivity index (χ2n) is 30.1. The van der Waals surface area contributed by atoms with Crippen molar-refractivity contribution in [3.8, 4) is 23.0 Å². The number of methoxy groups -OCH3 is 3. The van der Waals surface area contributed by atoms with Crippen LogP contribution in [0.3, 0.4) is 0 Å². The number of ketones is 4. The molecule has 3 amide bonds. The Morgan fingerprint density at radius 1 is 0.414 bits per heavy atom. The number of aromatic hydroxyl groups is 1. The summed E-state index contributed by atoms with van der Waals surface area (Å²) in [5.41, 5.74) is -8.99. The highest BCUT2D eigenvalue weighted by molar-refractivity contribution is 6.06. The predicted molar refractivity (Wildman–Crippen MR) is 389 cm³/mol. The number of amides is 3. The number of aromatic nitrogens is 4. The van der Waals surface area contributed by atoms with Gasteiger partial charge in [0.1, 0.15) is 91.6 Å². The molecular formula is C80H79F8N7O21. The first-order valence-electron chi connectivity index (χ1n) is 36.8. The topological polar surface area (TPSA) is 366 Å². The van der Waals surface area contributed by atoms with Crippen LogP contribution in [-0.2, 0) is 64.8 Å². The van der Waals surface area contributed by atoms with E-state index in [4.69, 9.17) is 38.3 Å². The van der Waals surface area contributed by atoms with Crippen molar-refractivity contribution >= 4 is 46.8 Å². The summed E-state index contributed by atoms with van der Waals surface area (Å²) in [5.74, 6) is -15.2. The lowest BCUT2D eigenvalue weighted by atomic mass is 9.71. The van der Waals surface area contributed by atoms with Crippen molar-refractivity contribution in [3.63, 3.8) is 0 Å². The number of nitrogens with one attached hydrogen (secondary N) is 3. The number of carboxylic acids is 1. The van der Waals surface area contributed by atoms with E-state index in [2.05, 4.69) is 16.0 Å². The third-order valence-corrected chi connectivity index (χ3v) is 22.9. The number of halogens is 8. The molecule has 28 nitrogen and oxygen atoms in total. The van der Waals surface area contributed by atoms with Crippen LogP contribution >= 0.6 is 0 Å². The number of carboxylic acid groups (broad SMARTS) is 1. The highest BCUT2D eigenvalue weighted by atomic mass is 19.2. The Kier molecular flexibility index (Phi) is 23.9. The first-order valence-corrected chi connectivity index (χ1v) is 36.8. The molecule has 4 aromatic heterocycles. The average molecular weight is 1630 g/mol. The molecule has 0 bridgehead atoms. The summed E-state index contributed by atoms with van der Waals surface area (Å²) in [6.45, 7) is 8.75. The predicted octanol–water partition coefficient (Wildman–Crippen LogP) is 8.25. The molecule has 3 aromatic carbocycles. The number of nitrogens with zero attached hydrogens (tertiary/aromatic N) is 4. The molecule has 0 saturated carbocycles. The van der Waals surface area contributed by atoms with Crippen molar-refractivity contribution < 1.29 is 117 Å². The maximum atomic E-state index is 13.9. The van der Waals surface area contributed by atoms with Gasteiger partial charge in [-0.2, -0.15) is 0 Å². The standard InChI is InChI=1S/C22H21F3N2O5.C22H22F2N2O5.C21H19F3N2O5.C15H17NO6/c1-22-4-3-5-32-16(22)10-27-9-13(18(28)19(31-2)17(27)20(22)29)21(30)26-8-12-14(24)6-11(23)7-15(12)25;1-22-6-3-7-31-16(22)11-26-10-14(18(27)19(30-2)17(26)20(22)28)21(29)25-9-12-4-5-13(23)8-15(12)24;1-21-3-2-4-31-15(21)9-26-8-12(17(27)18(28)16(26)19(21)29)20(30)25-7-11-13(23)5-10(22)6-14(11)24;1-15-4-3-5-22-9(15)7-16-6-8(14(19)20)11(17)12(21-2)10(16)13(15)18/h6-7,9,16H,3-5,8,10H2,1-2H3,(H,26,30);4-5,8,10,16H,3,6-7,9,11H2,1-2H3,(H,25,29);5-6,8,15,28H,2-4,7,9H2,1H3,(H,25,30);6,9H,3-5,7H2,1-2H3,(H,19,20)/t2*16-,22-;15-,21-;9-,15-/m1111/s1. The summed E-state index contributed by atoms with van der Waals surface area (Å²) in [7, 11) is 3.76. The molecule has 8 aliphatic heterocycles. The molecule has 15 rings (SSSR count). The summed E-state index contributed by atoms with van der Waals surface area (Å²) in [6, 6.07) is 4.93. The number of hydrogen-bond acceptors (Lipinski definition) is 20. The number of carbonyl (C=O) groups excluding carboxylic acids is 7. The van der Waals surface area contributed by atoms with E-state index >= 15 is 0 Å². The molecule has 8 atom stereocenters. The number of rotatable bonds is 13. The smallest absolute Gasteiger partial charge is 0.341 e. The van der Waals surface area contributed by atoms with Gasteiger partial charge in [-0.1, -0.05) is 6.07 Å². The summed E-state index contributed by atoms with van der Waals surface area (Å²) in [6.07, 6.45) is 8.61. The van der Waals surface area contributed by atoms with Crippen LogP contribution in [0.4, 0.5) is 35.1 Å². The van der Waals surface area contributed by atoms with Gasteiger partial charge in [0.2, 0.25) is 21.7 Å².